The predicted octanol–water partition coefficient (Wildman–Crippen LogP) is 2.40. The number of unbranched alkanes of at least 4 members (excludes halogenated alkanes) is 1. The zero-order valence-corrected chi connectivity index (χ0v) is 33.8. The molecule has 0 bridgehead atoms. The van der Waals surface area contributed by atoms with Gasteiger partial charge in [-0.1, -0.05) is 23.7 Å². The third-order valence-corrected chi connectivity index (χ3v) is 14.0. The fraction of sp³-hybridized carbons (Fsp3) is 0.447. The number of benzene rings is 2. The van der Waals surface area contributed by atoms with Gasteiger partial charge in [0.2, 0.25) is 5.91 Å². The first-order chi connectivity index (χ1) is 28.9. The molecular formula is C47H46N2O12. The number of fused-ring (bicyclic) bond motifs is 6. The van der Waals surface area contributed by atoms with Crippen molar-refractivity contribution < 1.29 is 59.4 Å². The molecule has 2 fully saturated rings. The summed E-state index contributed by atoms with van der Waals surface area (Å²) in [5.74, 6) is 0.0474. The highest BCUT2D eigenvalue weighted by atomic mass is 16.3. The van der Waals surface area contributed by atoms with Gasteiger partial charge in [0, 0.05) is 47.9 Å². The molecule has 2 aromatic rings. The van der Waals surface area contributed by atoms with Crippen LogP contribution in [0.3, 0.4) is 0 Å². The highest BCUT2D eigenvalue weighted by molar-refractivity contribution is 6.22. The van der Waals surface area contributed by atoms with Crippen LogP contribution in [0.4, 0.5) is 0 Å². The zero-order valence-electron chi connectivity index (χ0n) is 33.8. The zero-order chi connectivity index (χ0) is 43.9. The van der Waals surface area contributed by atoms with E-state index in [1.54, 1.807) is 31.1 Å². The van der Waals surface area contributed by atoms with E-state index in [0.29, 0.717) is 47.9 Å². The Kier molecular flexibility index (Phi) is 10.5. The Bertz CT molecular complexity index is 2540. The predicted molar refractivity (Wildman–Crippen MR) is 216 cm³/mol. The molecule has 2 aromatic carbocycles. The summed E-state index contributed by atoms with van der Waals surface area (Å²) < 4.78 is 0. The van der Waals surface area contributed by atoms with Crippen molar-refractivity contribution in [3.8, 4) is 35.2 Å². The van der Waals surface area contributed by atoms with Gasteiger partial charge in [-0.15, -0.1) is 0 Å². The van der Waals surface area contributed by atoms with E-state index in [9.17, 15) is 59.4 Å². The number of hydrogen-bond donors (Lipinski definition) is 7. The minimum Gasteiger partial charge on any atom is -0.511 e. The highest BCUT2D eigenvalue weighted by Crippen LogP contribution is 2.52. The standard InChI is InChI=1S/C47H46N2O12/c1-19(50)31-30(53)18-23-14-22-15-25-20(10-12-28(51)35(25)42(56)32(22)41(55)33(23)40(31)54)8-6-4-5-7-9-21-11-13-29(52)36-26(21)16-24-17-27-37(44(58)34(24)43(36)57)45(59)38(47(48)61)46(60)39(27)49(2)3/h10-13,22-24,27,33-34,37-39,44,46,51-53,55,58,60H,4-5,14-18H2,1-3H3,(H2,48,61). The van der Waals surface area contributed by atoms with Crippen molar-refractivity contribution in [2.75, 3.05) is 14.1 Å². The summed E-state index contributed by atoms with van der Waals surface area (Å²) in [6, 6.07) is 5.25. The van der Waals surface area contributed by atoms with Gasteiger partial charge in [-0.2, -0.15) is 0 Å². The maximum absolute atomic E-state index is 14.1. The Balaban J connectivity index is 1.01. The van der Waals surface area contributed by atoms with Gasteiger partial charge >= 0.3 is 0 Å². The van der Waals surface area contributed by atoms with Crippen LogP contribution in [0.2, 0.25) is 0 Å². The van der Waals surface area contributed by atoms with Crippen molar-refractivity contribution in [2.45, 2.75) is 70.1 Å². The van der Waals surface area contributed by atoms with Crippen LogP contribution >= 0.6 is 0 Å². The lowest BCUT2D eigenvalue weighted by molar-refractivity contribution is -0.166. The molecule has 0 aliphatic heterocycles. The quantitative estimate of drug-likeness (QED) is 0.101. The first-order valence-corrected chi connectivity index (χ1v) is 20.5. The van der Waals surface area contributed by atoms with E-state index in [1.165, 1.54) is 12.1 Å². The number of Topliss-reactive ketones (excluding diaryl/α,β-unsaturated/α-hetero) is 5. The van der Waals surface area contributed by atoms with Crippen LogP contribution in [0.15, 0.2) is 46.9 Å². The van der Waals surface area contributed by atoms with Gasteiger partial charge in [-0.3, -0.25) is 28.8 Å². The number of aromatic hydroxyl groups is 2. The van der Waals surface area contributed by atoms with Gasteiger partial charge in [0.25, 0.3) is 0 Å². The van der Waals surface area contributed by atoms with E-state index in [1.807, 2.05) is 0 Å². The molecule has 14 heteroatoms. The van der Waals surface area contributed by atoms with Gasteiger partial charge < -0.3 is 41.3 Å². The number of primary amides is 1. The molecule has 316 valence electrons. The molecule has 0 heterocycles. The Morgan fingerprint density at radius 2 is 1.38 bits per heavy atom. The summed E-state index contributed by atoms with van der Waals surface area (Å²) in [7, 11) is 3.41. The fourth-order valence-electron chi connectivity index (χ4n) is 11.5. The number of ketones is 5. The van der Waals surface area contributed by atoms with Crippen molar-refractivity contribution in [1.29, 1.82) is 0 Å². The molecular weight excluding hydrogens is 785 g/mol. The topological polar surface area (TPSA) is 253 Å². The van der Waals surface area contributed by atoms with Crippen LogP contribution in [-0.4, -0.2) is 103 Å². The molecule has 61 heavy (non-hydrogen) atoms. The van der Waals surface area contributed by atoms with Crippen LogP contribution < -0.4 is 5.73 Å². The molecule has 8 N–H and O–H groups in total. The highest BCUT2D eigenvalue weighted by Gasteiger charge is 2.61. The van der Waals surface area contributed by atoms with Crippen LogP contribution in [-0.2, 0) is 32.0 Å². The average Bonchev–Trinajstić information content (AvgIpc) is 3.16. The SMILES string of the molecule is CC(=O)C1=C(O)CC2CC3Cc4c(C#CCCC#Cc5ccc(O)c6c5CC5CC7C(C(=O)C(C(N)=O)C(O)C7N(C)C)C(O)C5C6=O)ccc(O)c4C(=O)C3=C(O)C2C1=O. The van der Waals surface area contributed by atoms with Crippen LogP contribution in [0.5, 0.6) is 11.5 Å². The number of amides is 1. The largest absolute Gasteiger partial charge is 0.511 e. The lowest BCUT2D eigenvalue weighted by Gasteiger charge is -2.54. The van der Waals surface area contributed by atoms with Gasteiger partial charge in [-0.05, 0) is 106 Å². The van der Waals surface area contributed by atoms with Crippen molar-refractivity contribution in [1.82, 2.24) is 4.90 Å². The molecule has 0 aromatic heterocycles. The Morgan fingerprint density at radius 3 is 1.97 bits per heavy atom. The molecule has 2 saturated carbocycles. The molecule has 8 rings (SSSR count). The van der Waals surface area contributed by atoms with E-state index >= 15 is 0 Å². The fourth-order valence-corrected chi connectivity index (χ4v) is 11.5. The van der Waals surface area contributed by atoms with E-state index in [4.69, 9.17) is 5.73 Å². The molecule has 0 radical (unpaired) electrons. The second kappa shape index (κ2) is 15.4. The number of phenols is 2. The van der Waals surface area contributed by atoms with Gasteiger partial charge in [0.05, 0.1) is 40.7 Å². The minimum atomic E-state index is -1.53. The van der Waals surface area contributed by atoms with E-state index in [-0.39, 0.29) is 58.8 Å². The lowest BCUT2D eigenvalue weighted by Crippen LogP contribution is -2.67. The number of likely N-dealkylation sites (N-methyl/N-ethyl adjacent to an activating group) is 1. The molecule has 6 aliphatic carbocycles. The number of phenolic OH excluding ortho intramolecular Hbond substituents is 2. The smallest absolute Gasteiger partial charge is 0.230 e. The summed E-state index contributed by atoms with van der Waals surface area (Å²) in [5.41, 5.74) is 7.25. The third kappa shape index (κ3) is 6.56. The van der Waals surface area contributed by atoms with E-state index < -0.39 is 106 Å². The number of allylic oxidation sites excluding steroid dienone is 4. The summed E-state index contributed by atoms with van der Waals surface area (Å²) in [5, 5.41) is 66.3. The van der Waals surface area contributed by atoms with Crippen LogP contribution in [0.25, 0.3) is 0 Å². The first kappa shape index (κ1) is 41.7. The molecule has 11 atom stereocenters. The number of hydrogen-bond acceptors (Lipinski definition) is 13. The van der Waals surface area contributed by atoms with Gasteiger partial charge in [-0.25, -0.2) is 0 Å². The van der Waals surface area contributed by atoms with E-state index in [2.05, 4.69) is 23.7 Å². The molecule has 1 amide bonds. The summed E-state index contributed by atoms with van der Waals surface area (Å²) >= 11 is 0. The molecule has 0 spiro atoms. The maximum Gasteiger partial charge on any atom is 0.230 e. The van der Waals surface area contributed by atoms with Gasteiger partial charge in [0.15, 0.2) is 28.9 Å². The molecule has 6 aliphatic rings. The molecule has 14 nitrogen and oxygen atoms in total. The lowest BCUT2D eigenvalue weighted by atomic mass is 9.53. The average molecular weight is 831 g/mol. The van der Waals surface area contributed by atoms with E-state index in [0.717, 1.165) is 6.92 Å². The number of nitrogens with zero attached hydrogens (tertiary/aromatic N) is 1. The van der Waals surface area contributed by atoms with Crippen molar-refractivity contribution in [2.24, 2.45) is 53.1 Å². The third-order valence-electron chi connectivity index (χ3n) is 14.0. The van der Waals surface area contributed by atoms with Crippen LogP contribution in [0.1, 0.15) is 82.0 Å². The van der Waals surface area contributed by atoms with Crippen molar-refractivity contribution >= 4 is 34.8 Å². The first-order valence-electron chi connectivity index (χ1n) is 20.5. The number of rotatable bonds is 4. The number of carbonyl (C=O) groups is 6. The summed E-state index contributed by atoms with van der Waals surface area (Å²) in [6.07, 6.45) is -1.15. The number of carbonyl (C=O) groups excluding carboxylic acids is 6. The molecule has 11 unspecified atom stereocenters. The monoisotopic (exact) mass is 830 g/mol. The number of aliphatic hydroxyl groups is 4. The minimum absolute atomic E-state index is 0.00666. The Labute approximate surface area is 351 Å². The maximum atomic E-state index is 14.1. The number of nitrogens with two attached hydrogens (primary N) is 1. The number of aliphatic hydroxyl groups excluding tert-OH is 4. The van der Waals surface area contributed by atoms with Crippen LogP contribution in [0, 0.1) is 71.0 Å². The van der Waals surface area contributed by atoms with Crippen molar-refractivity contribution in [3.05, 3.63) is 80.3 Å². The second-order valence-electron chi connectivity index (χ2n) is 17.5. The summed E-state index contributed by atoms with van der Waals surface area (Å²) in [4.78, 5) is 80.9. The Morgan fingerprint density at radius 1 is 0.770 bits per heavy atom. The summed E-state index contributed by atoms with van der Waals surface area (Å²) in [6.45, 7) is 1.16. The van der Waals surface area contributed by atoms with Gasteiger partial charge in [0.1, 0.15) is 28.9 Å². The normalized spacial score (nSPS) is 31.3. The second-order valence-corrected chi connectivity index (χ2v) is 17.5. The van der Waals surface area contributed by atoms with Crippen molar-refractivity contribution in [3.63, 3.8) is 0 Å². The Hall–Kier alpha value is -6.06. The molecule has 0 saturated heterocycles.